The van der Waals surface area contributed by atoms with E-state index in [2.05, 4.69) is 32.4 Å². The van der Waals surface area contributed by atoms with Gasteiger partial charge < -0.3 is 14.4 Å². The zero-order chi connectivity index (χ0) is 13.2. The number of hydrogen-bond acceptors (Lipinski definition) is 7. The molecule has 3 heterocycles. The summed E-state index contributed by atoms with van der Waals surface area (Å²) >= 11 is 0. The quantitative estimate of drug-likeness (QED) is 0.884. The van der Waals surface area contributed by atoms with Gasteiger partial charge in [-0.25, -0.2) is 0 Å². The van der Waals surface area contributed by atoms with E-state index in [9.17, 15) is 0 Å². The first kappa shape index (κ1) is 12.3. The van der Waals surface area contributed by atoms with Crippen LogP contribution in [0.15, 0.2) is 15.1 Å². The zero-order valence-corrected chi connectivity index (χ0v) is 11.1. The van der Waals surface area contributed by atoms with E-state index >= 15 is 0 Å². The summed E-state index contributed by atoms with van der Waals surface area (Å²) < 4.78 is 10.3. The second-order valence-corrected chi connectivity index (χ2v) is 4.74. The first-order chi connectivity index (χ1) is 9.24. The van der Waals surface area contributed by atoms with Crippen LogP contribution in [0.4, 0.5) is 0 Å². The molecule has 2 aromatic heterocycles. The summed E-state index contributed by atoms with van der Waals surface area (Å²) in [7, 11) is 0. The van der Waals surface area contributed by atoms with Crippen LogP contribution in [-0.2, 0) is 0 Å². The molecule has 1 unspecified atom stereocenters. The van der Waals surface area contributed by atoms with Gasteiger partial charge in [-0.05, 0) is 13.8 Å². The van der Waals surface area contributed by atoms with Gasteiger partial charge in [0.25, 0.3) is 5.89 Å². The molecule has 0 radical (unpaired) electrons. The van der Waals surface area contributed by atoms with E-state index in [4.69, 9.17) is 9.05 Å². The van der Waals surface area contributed by atoms with Crippen molar-refractivity contribution in [3.8, 4) is 11.6 Å². The molecule has 7 nitrogen and oxygen atoms in total. The summed E-state index contributed by atoms with van der Waals surface area (Å²) in [4.78, 5) is 6.74. The Morgan fingerprint density at radius 1 is 1.26 bits per heavy atom. The van der Waals surface area contributed by atoms with E-state index in [1.165, 1.54) is 0 Å². The van der Waals surface area contributed by atoms with Crippen LogP contribution >= 0.6 is 0 Å². The van der Waals surface area contributed by atoms with Crippen LogP contribution in [0.25, 0.3) is 11.6 Å². The van der Waals surface area contributed by atoms with E-state index in [0.29, 0.717) is 17.4 Å². The number of nitrogens with zero attached hydrogens (tertiary/aromatic N) is 4. The maximum absolute atomic E-state index is 5.25. The minimum atomic E-state index is 0.146. The third-order valence-electron chi connectivity index (χ3n) is 3.36. The van der Waals surface area contributed by atoms with Crippen molar-refractivity contribution >= 4 is 0 Å². The lowest BCUT2D eigenvalue weighted by atomic mass is 10.2. The Morgan fingerprint density at radius 2 is 2.05 bits per heavy atom. The molecule has 7 heteroatoms. The summed E-state index contributed by atoms with van der Waals surface area (Å²) in [6, 6.07) is 1.93. The van der Waals surface area contributed by atoms with Crippen LogP contribution in [0.1, 0.15) is 24.6 Å². The number of hydrogen-bond donors (Lipinski definition) is 1. The lowest BCUT2D eigenvalue weighted by molar-refractivity contribution is 0.176. The molecule has 0 spiro atoms. The minimum Gasteiger partial charge on any atom is -0.361 e. The molecule has 3 rings (SSSR count). The van der Waals surface area contributed by atoms with E-state index in [-0.39, 0.29) is 6.04 Å². The van der Waals surface area contributed by atoms with Gasteiger partial charge in [-0.2, -0.15) is 4.98 Å². The predicted molar refractivity (Wildman–Crippen MR) is 67.4 cm³/mol. The molecule has 2 aromatic rings. The average Bonchev–Trinajstić information content (AvgIpc) is 3.07. The Balaban J connectivity index is 1.76. The van der Waals surface area contributed by atoms with E-state index in [1.54, 1.807) is 6.07 Å². The Morgan fingerprint density at radius 3 is 2.74 bits per heavy atom. The Bertz CT molecular complexity index is 544. The van der Waals surface area contributed by atoms with Gasteiger partial charge in [0, 0.05) is 32.2 Å². The third kappa shape index (κ3) is 2.52. The molecule has 19 heavy (non-hydrogen) atoms. The smallest absolute Gasteiger partial charge is 0.280 e. The van der Waals surface area contributed by atoms with Gasteiger partial charge >= 0.3 is 0 Å². The van der Waals surface area contributed by atoms with Crippen LogP contribution < -0.4 is 5.32 Å². The molecule has 0 amide bonds. The fraction of sp³-hybridized carbons (Fsp3) is 0.583. The fourth-order valence-corrected chi connectivity index (χ4v) is 2.21. The Hall–Kier alpha value is -1.73. The highest BCUT2D eigenvalue weighted by atomic mass is 16.5. The number of piperazine rings is 1. The van der Waals surface area contributed by atoms with E-state index < -0.39 is 0 Å². The molecule has 1 aliphatic heterocycles. The normalized spacial score (nSPS) is 18.6. The Labute approximate surface area is 110 Å². The fourth-order valence-electron chi connectivity index (χ4n) is 2.21. The van der Waals surface area contributed by atoms with Crippen molar-refractivity contribution in [2.75, 3.05) is 26.2 Å². The molecule has 0 saturated carbocycles. The van der Waals surface area contributed by atoms with Gasteiger partial charge in [-0.15, -0.1) is 0 Å². The van der Waals surface area contributed by atoms with Gasteiger partial charge in [-0.3, -0.25) is 4.90 Å². The molecule has 1 N–H and O–H groups in total. The number of rotatable bonds is 3. The third-order valence-corrected chi connectivity index (χ3v) is 3.36. The molecular formula is C12H17N5O2. The Kier molecular flexibility index (Phi) is 3.31. The summed E-state index contributed by atoms with van der Waals surface area (Å²) in [6.07, 6.45) is 0. The lowest BCUT2D eigenvalue weighted by Crippen LogP contribution is -2.44. The molecule has 102 valence electrons. The second kappa shape index (κ2) is 5.10. The molecule has 1 saturated heterocycles. The van der Waals surface area contributed by atoms with Gasteiger partial charge in [0.05, 0.1) is 6.04 Å². The van der Waals surface area contributed by atoms with Crippen molar-refractivity contribution in [3.05, 3.63) is 17.7 Å². The average molecular weight is 263 g/mol. The topological polar surface area (TPSA) is 80.2 Å². The van der Waals surface area contributed by atoms with E-state index in [0.717, 1.165) is 31.9 Å². The molecule has 1 aliphatic rings. The first-order valence-corrected chi connectivity index (χ1v) is 6.46. The van der Waals surface area contributed by atoms with Crippen molar-refractivity contribution in [1.82, 2.24) is 25.5 Å². The molecule has 0 bridgehead atoms. The predicted octanol–water partition coefficient (Wildman–Crippen LogP) is 0.999. The highest BCUT2D eigenvalue weighted by Crippen LogP contribution is 2.22. The van der Waals surface area contributed by atoms with E-state index in [1.807, 2.05) is 6.92 Å². The maximum atomic E-state index is 5.25. The molecule has 0 aromatic carbocycles. The van der Waals surface area contributed by atoms with Crippen LogP contribution in [0.5, 0.6) is 0 Å². The van der Waals surface area contributed by atoms with Gasteiger partial charge in [0.2, 0.25) is 0 Å². The van der Waals surface area contributed by atoms with Gasteiger partial charge in [0.1, 0.15) is 5.76 Å². The van der Waals surface area contributed by atoms with Crippen LogP contribution in [0, 0.1) is 6.92 Å². The lowest BCUT2D eigenvalue weighted by Gasteiger charge is -2.30. The van der Waals surface area contributed by atoms with Crippen LogP contribution in [0.3, 0.4) is 0 Å². The first-order valence-electron chi connectivity index (χ1n) is 6.46. The van der Waals surface area contributed by atoms with Crippen LogP contribution in [-0.4, -0.2) is 46.4 Å². The highest BCUT2D eigenvalue weighted by molar-refractivity contribution is 5.45. The second-order valence-electron chi connectivity index (χ2n) is 4.74. The molecule has 0 aliphatic carbocycles. The van der Waals surface area contributed by atoms with Crippen molar-refractivity contribution in [2.24, 2.45) is 0 Å². The molecule has 1 atom stereocenters. The minimum absolute atomic E-state index is 0.146. The number of aromatic nitrogens is 3. The SMILES string of the molecule is Cc1cc(-c2nc(C(C)N3CCNCC3)no2)no1. The van der Waals surface area contributed by atoms with Crippen molar-refractivity contribution < 1.29 is 9.05 Å². The molecule has 1 fully saturated rings. The maximum Gasteiger partial charge on any atom is 0.280 e. The monoisotopic (exact) mass is 263 g/mol. The van der Waals surface area contributed by atoms with Crippen LogP contribution in [0.2, 0.25) is 0 Å². The zero-order valence-electron chi connectivity index (χ0n) is 11.1. The van der Waals surface area contributed by atoms with Crippen molar-refractivity contribution in [2.45, 2.75) is 19.9 Å². The summed E-state index contributed by atoms with van der Waals surface area (Å²) in [6.45, 7) is 7.91. The summed E-state index contributed by atoms with van der Waals surface area (Å²) in [5, 5.41) is 11.2. The number of nitrogens with one attached hydrogen (secondary N) is 1. The van der Waals surface area contributed by atoms with Crippen molar-refractivity contribution in [1.29, 1.82) is 0 Å². The van der Waals surface area contributed by atoms with Gasteiger partial charge in [0.15, 0.2) is 11.5 Å². The van der Waals surface area contributed by atoms with Gasteiger partial charge in [-0.1, -0.05) is 10.3 Å². The largest absolute Gasteiger partial charge is 0.361 e. The van der Waals surface area contributed by atoms with Crippen molar-refractivity contribution in [3.63, 3.8) is 0 Å². The summed E-state index contributed by atoms with van der Waals surface area (Å²) in [5.74, 6) is 1.83. The summed E-state index contributed by atoms with van der Waals surface area (Å²) in [5.41, 5.74) is 0.587. The number of aryl methyl sites for hydroxylation is 1. The standard InChI is InChI=1S/C12H17N5O2/c1-8-7-10(15-18-8)12-14-11(16-19-12)9(2)17-5-3-13-4-6-17/h7,9,13H,3-6H2,1-2H3. The molecular weight excluding hydrogens is 246 g/mol. The highest BCUT2D eigenvalue weighted by Gasteiger charge is 2.23.